The van der Waals surface area contributed by atoms with Gasteiger partial charge < -0.3 is 4.55 Å². The average Bonchev–Trinajstić information content (AvgIpc) is 2.96. The van der Waals surface area contributed by atoms with E-state index in [0.717, 1.165) is 17.1 Å². The van der Waals surface area contributed by atoms with Crippen molar-refractivity contribution in [3.05, 3.63) is 35.4 Å². The number of aromatic nitrogens is 3. The topological polar surface area (TPSA) is 53.8 Å². The molecule has 1 aromatic carbocycles. The molecule has 1 unspecified atom stereocenters. The molecule has 0 aliphatic heterocycles. The SMILES string of the molecule is Cc1cc(C)c([S+]([O-])CC(F)(F)C(F)F)cc1-n1cnc(C(F)(F)F)n1. The molecule has 0 N–H and O–H groups in total. The van der Waals surface area contributed by atoms with Gasteiger partial charge in [-0.05, 0) is 36.7 Å². The van der Waals surface area contributed by atoms with Gasteiger partial charge in [0.1, 0.15) is 6.33 Å². The molecule has 0 saturated carbocycles. The first-order chi connectivity index (χ1) is 11.8. The molecule has 0 radical (unpaired) electrons. The number of rotatable bonds is 5. The molecule has 4 nitrogen and oxygen atoms in total. The van der Waals surface area contributed by atoms with Crippen LogP contribution in [-0.2, 0) is 17.4 Å². The molecule has 0 bridgehead atoms. The maximum absolute atomic E-state index is 13.2. The predicted molar refractivity (Wildman–Crippen MR) is 78.1 cm³/mol. The Kier molecular flexibility index (Phi) is 5.57. The lowest BCUT2D eigenvalue weighted by Crippen LogP contribution is -2.35. The predicted octanol–water partition coefficient (Wildman–Crippen LogP) is 3.91. The van der Waals surface area contributed by atoms with E-state index >= 15 is 0 Å². The van der Waals surface area contributed by atoms with Crippen molar-refractivity contribution in [3.63, 3.8) is 0 Å². The van der Waals surface area contributed by atoms with Crippen LogP contribution in [0.2, 0.25) is 0 Å². The van der Waals surface area contributed by atoms with Crippen molar-refractivity contribution in [2.45, 2.75) is 37.3 Å². The van der Waals surface area contributed by atoms with Gasteiger partial charge in [0.25, 0.3) is 5.82 Å². The first-order valence-electron chi connectivity index (χ1n) is 6.97. The highest BCUT2D eigenvalue weighted by atomic mass is 32.2. The lowest BCUT2D eigenvalue weighted by atomic mass is 10.1. The van der Waals surface area contributed by atoms with Gasteiger partial charge in [-0.2, -0.15) is 22.0 Å². The highest BCUT2D eigenvalue weighted by Gasteiger charge is 2.46. The van der Waals surface area contributed by atoms with E-state index < -0.39 is 41.3 Å². The van der Waals surface area contributed by atoms with Crippen molar-refractivity contribution >= 4 is 11.2 Å². The van der Waals surface area contributed by atoms with Crippen LogP contribution in [0.4, 0.5) is 30.7 Å². The Morgan fingerprint density at radius 1 is 1.12 bits per heavy atom. The van der Waals surface area contributed by atoms with Crippen molar-refractivity contribution in [1.29, 1.82) is 0 Å². The average molecular weight is 403 g/mol. The first-order valence-corrected chi connectivity index (χ1v) is 8.29. The zero-order valence-electron chi connectivity index (χ0n) is 13.3. The van der Waals surface area contributed by atoms with Crippen LogP contribution in [0.5, 0.6) is 0 Å². The summed E-state index contributed by atoms with van der Waals surface area (Å²) in [5.41, 5.74) is 0.690. The van der Waals surface area contributed by atoms with Crippen LogP contribution in [-0.4, -0.2) is 37.4 Å². The first kappa shape index (κ1) is 20.5. The van der Waals surface area contributed by atoms with Crippen molar-refractivity contribution in [2.24, 2.45) is 0 Å². The van der Waals surface area contributed by atoms with Crippen molar-refractivity contribution < 1.29 is 35.3 Å². The number of benzene rings is 1. The molecule has 2 aromatic rings. The monoisotopic (exact) mass is 403 g/mol. The van der Waals surface area contributed by atoms with Gasteiger partial charge in [0.2, 0.25) is 0 Å². The van der Waals surface area contributed by atoms with Crippen LogP contribution in [0.15, 0.2) is 23.4 Å². The van der Waals surface area contributed by atoms with Crippen LogP contribution in [0.25, 0.3) is 5.69 Å². The minimum atomic E-state index is -4.78. The highest BCUT2D eigenvalue weighted by molar-refractivity contribution is 7.91. The molecule has 2 rings (SSSR count). The third-order valence-corrected chi connectivity index (χ3v) is 4.95. The van der Waals surface area contributed by atoms with Crippen LogP contribution >= 0.6 is 0 Å². The standard InChI is InChI=1S/C14H12F7N3OS/c1-7-3-8(2)10(26(25)5-13(17,18)11(15)16)4-9(7)24-6-22-12(23-24)14(19,20)21/h3-4,6,11H,5H2,1-2H3. The van der Waals surface area contributed by atoms with Gasteiger partial charge in [0, 0.05) is 11.6 Å². The molecule has 0 aliphatic carbocycles. The maximum Gasteiger partial charge on any atom is 0.453 e. The molecule has 0 amide bonds. The molecule has 12 heteroatoms. The molecule has 0 spiro atoms. The summed E-state index contributed by atoms with van der Waals surface area (Å²) in [5, 5.41) is 3.26. The number of hydrogen-bond acceptors (Lipinski definition) is 3. The van der Waals surface area contributed by atoms with Crippen molar-refractivity contribution in [3.8, 4) is 5.69 Å². The summed E-state index contributed by atoms with van der Waals surface area (Å²) in [6.45, 7) is 2.94. The largest absolute Gasteiger partial charge is 0.611 e. The fraction of sp³-hybridized carbons (Fsp3) is 0.429. The quantitative estimate of drug-likeness (QED) is 0.562. The number of halogens is 7. The Balaban J connectivity index is 2.42. The lowest BCUT2D eigenvalue weighted by molar-refractivity contribution is -0.144. The van der Waals surface area contributed by atoms with Crippen molar-refractivity contribution in [2.75, 3.05) is 5.75 Å². The van der Waals surface area contributed by atoms with E-state index in [0.29, 0.717) is 5.56 Å². The number of nitrogens with zero attached hydrogens (tertiary/aromatic N) is 3. The molecule has 1 atom stereocenters. The zero-order chi connectivity index (χ0) is 19.9. The fourth-order valence-electron chi connectivity index (χ4n) is 2.14. The van der Waals surface area contributed by atoms with Crippen LogP contribution in [0.1, 0.15) is 17.0 Å². The molecule has 0 fully saturated rings. The number of hydrogen-bond donors (Lipinski definition) is 0. The van der Waals surface area contributed by atoms with E-state index in [1.807, 2.05) is 0 Å². The Labute approximate surface area is 146 Å². The van der Waals surface area contributed by atoms with E-state index in [1.54, 1.807) is 0 Å². The molecule has 0 saturated heterocycles. The molecule has 26 heavy (non-hydrogen) atoms. The minimum absolute atomic E-state index is 0.0160. The normalized spacial score (nSPS) is 14.1. The van der Waals surface area contributed by atoms with Gasteiger partial charge in [-0.25, -0.2) is 18.4 Å². The summed E-state index contributed by atoms with van der Waals surface area (Å²) in [7, 11) is 0. The van der Waals surface area contributed by atoms with E-state index in [9.17, 15) is 35.3 Å². The summed E-state index contributed by atoms with van der Waals surface area (Å²) in [6, 6.07) is 2.47. The van der Waals surface area contributed by atoms with E-state index in [2.05, 4.69) is 10.1 Å². The van der Waals surface area contributed by atoms with Gasteiger partial charge in [-0.3, -0.25) is 0 Å². The van der Waals surface area contributed by atoms with Gasteiger partial charge in [-0.1, -0.05) is 0 Å². The molecule has 0 aliphatic rings. The van der Waals surface area contributed by atoms with Gasteiger partial charge >= 0.3 is 18.5 Å². The molecule has 1 heterocycles. The minimum Gasteiger partial charge on any atom is -0.611 e. The van der Waals surface area contributed by atoms with E-state index in [-0.39, 0.29) is 16.1 Å². The Morgan fingerprint density at radius 3 is 2.23 bits per heavy atom. The van der Waals surface area contributed by atoms with E-state index in [4.69, 9.17) is 0 Å². The number of alkyl halides is 7. The molecule has 1 aromatic heterocycles. The Hall–Kier alpha value is -1.82. The fourth-order valence-corrected chi connectivity index (χ4v) is 3.43. The second kappa shape index (κ2) is 7.06. The van der Waals surface area contributed by atoms with E-state index in [1.165, 1.54) is 19.9 Å². The number of aryl methyl sites for hydroxylation is 2. The summed E-state index contributed by atoms with van der Waals surface area (Å²) >= 11 is -2.50. The second-order valence-corrected chi connectivity index (χ2v) is 6.89. The lowest BCUT2D eigenvalue weighted by Gasteiger charge is -2.20. The Bertz CT molecular complexity index is 791. The molecular formula is C14H12F7N3OS. The Morgan fingerprint density at radius 2 is 1.73 bits per heavy atom. The molecular weight excluding hydrogens is 391 g/mol. The van der Waals surface area contributed by atoms with Crippen molar-refractivity contribution in [1.82, 2.24) is 14.8 Å². The van der Waals surface area contributed by atoms with Gasteiger partial charge in [0.15, 0.2) is 10.6 Å². The van der Waals surface area contributed by atoms with Crippen LogP contribution in [0, 0.1) is 13.8 Å². The van der Waals surface area contributed by atoms with Gasteiger partial charge in [-0.15, -0.1) is 5.10 Å². The summed E-state index contributed by atoms with van der Waals surface area (Å²) in [5.74, 6) is -7.48. The maximum atomic E-state index is 13.2. The van der Waals surface area contributed by atoms with Crippen LogP contribution in [0.3, 0.4) is 0 Å². The van der Waals surface area contributed by atoms with Crippen LogP contribution < -0.4 is 0 Å². The zero-order valence-corrected chi connectivity index (χ0v) is 14.1. The second-order valence-electron chi connectivity index (χ2n) is 5.47. The summed E-state index contributed by atoms with van der Waals surface area (Å²) in [6.07, 6.45) is -8.00. The summed E-state index contributed by atoms with van der Waals surface area (Å²) < 4.78 is 102. The smallest absolute Gasteiger partial charge is 0.453 e. The highest BCUT2D eigenvalue weighted by Crippen LogP contribution is 2.31. The molecule has 144 valence electrons. The third-order valence-electron chi connectivity index (χ3n) is 3.37. The third kappa shape index (κ3) is 4.29. The summed E-state index contributed by atoms with van der Waals surface area (Å²) in [4.78, 5) is 2.92. The van der Waals surface area contributed by atoms with Gasteiger partial charge in [0.05, 0.1) is 5.69 Å².